The molecule has 3 heteroatoms. The van der Waals surface area contributed by atoms with E-state index in [2.05, 4.69) is 6.58 Å². The minimum absolute atomic E-state index is 0.271. The van der Waals surface area contributed by atoms with E-state index < -0.39 is 6.10 Å². The Balaban J connectivity index is 0.000000444. The molecule has 2 aromatic carbocycles. The molecular weight excluding hydrogens is 250 g/mol. The number of carbonyl (C=O) groups is 1. The summed E-state index contributed by atoms with van der Waals surface area (Å²) in [6.07, 6.45) is 0.573. The number of carbonyl (C=O) groups excluding carboxylic acids is 1. The Morgan fingerprint density at radius 3 is 2.00 bits per heavy atom. The SMILES string of the molecule is C=CCN.O=C(c1ccccc1)C(O)c1ccccc1. The molecule has 0 saturated heterocycles. The van der Waals surface area contributed by atoms with Gasteiger partial charge in [-0.1, -0.05) is 66.7 Å². The molecule has 0 aliphatic heterocycles. The molecule has 0 aliphatic rings. The van der Waals surface area contributed by atoms with E-state index in [-0.39, 0.29) is 5.78 Å². The molecule has 0 aliphatic carbocycles. The van der Waals surface area contributed by atoms with Crippen LogP contribution in [0.3, 0.4) is 0 Å². The van der Waals surface area contributed by atoms with E-state index in [1.165, 1.54) is 0 Å². The lowest BCUT2D eigenvalue weighted by Crippen LogP contribution is -2.11. The quantitative estimate of drug-likeness (QED) is 0.662. The Morgan fingerprint density at radius 2 is 1.55 bits per heavy atom. The highest BCUT2D eigenvalue weighted by atomic mass is 16.3. The Hall–Kier alpha value is -2.23. The summed E-state index contributed by atoms with van der Waals surface area (Å²) in [6.45, 7) is 3.94. The van der Waals surface area contributed by atoms with Gasteiger partial charge < -0.3 is 10.8 Å². The van der Waals surface area contributed by atoms with Crippen LogP contribution in [0, 0.1) is 0 Å². The third-order valence-corrected chi connectivity index (χ3v) is 2.59. The zero-order chi connectivity index (χ0) is 14.8. The van der Waals surface area contributed by atoms with Crippen LogP contribution in [-0.2, 0) is 0 Å². The van der Waals surface area contributed by atoms with Gasteiger partial charge in [-0.3, -0.25) is 4.79 Å². The van der Waals surface area contributed by atoms with Gasteiger partial charge >= 0.3 is 0 Å². The van der Waals surface area contributed by atoms with Crippen molar-refractivity contribution >= 4 is 5.78 Å². The van der Waals surface area contributed by atoms with Crippen molar-refractivity contribution in [3.63, 3.8) is 0 Å². The predicted molar refractivity (Wildman–Crippen MR) is 81.4 cm³/mol. The first-order chi connectivity index (χ1) is 9.70. The number of ketones is 1. The minimum Gasteiger partial charge on any atom is -0.380 e. The predicted octanol–water partition coefficient (Wildman–Crippen LogP) is 2.73. The first-order valence-corrected chi connectivity index (χ1v) is 6.34. The number of rotatable bonds is 4. The maximum absolute atomic E-state index is 11.9. The van der Waals surface area contributed by atoms with Gasteiger partial charge in [0.15, 0.2) is 5.78 Å². The molecule has 0 heterocycles. The van der Waals surface area contributed by atoms with Crippen molar-refractivity contribution in [2.75, 3.05) is 6.54 Å². The van der Waals surface area contributed by atoms with Crippen LogP contribution in [0.1, 0.15) is 22.0 Å². The fourth-order valence-electron chi connectivity index (χ4n) is 1.55. The van der Waals surface area contributed by atoms with Gasteiger partial charge in [0.1, 0.15) is 6.10 Å². The molecule has 0 aromatic heterocycles. The average Bonchev–Trinajstić information content (AvgIpc) is 2.55. The van der Waals surface area contributed by atoms with Crippen LogP contribution in [0.4, 0.5) is 0 Å². The van der Waals surface area contributed by atoms with Crippen LogP contribution in [0.25, 0.3) is 0 Å². The maximum atomic E-state index is 11.9. The molecule has 0 spiro atoms. The molecule has 20 heavy (non-hydrogen) atoms. The minimum atomic E-state index is -1.08. The third-order valence-electron chi connectivity index (χ3n) is 2.59. The van der Waals surface area contributed by atoms with Gasteiger partial charge in [0.05, 0.1) is 0 Å². The number of benzene rings is 2. The number of aliphatic hydroxyl groups is 1. The lowest BCUT2D eigenvalue weighted by molar-refractivity contribution is 0.0747. The molecule has 1 unspecified atom stereocenters. The fourth-order valence-corrected chi connectivity index (χ4v) is 1.55. The van der Waals surface area contributed by atoms with Crippen molar-refractivity contribution in [2.45, 2.75) is 6.10 Å². The topological polar surface area (TPSA) is 63.3 Å². The highest BCUT2D eigenvalue weighted by Crippen LogP contribution is 2.17. The molecule has 0 radical (unpaired) electrons. The highest BCUT2D eigenvalue weighted by Gasteiger charge is 2.18. The Kier molecular flexibility index (Phi) is 6.96. The smallest absolute Gasteiger partial charge is 0.195 e. The van der Waals surface area contributed by atoms with Gasteiger partial charge in [0.25, 0.3) is 0 Å². The van der Waals surface area contributed by atoms with Crippen molar-refractivity contribution in [1.82, 2.24) is 0 Å². The van der Waals surface area contributed by atoms with Gasteiger partial charge in [0, 0.05) is 12.1 Å². The van der Waals surface area contributed by atoms with Crippen molar-refractivity contribution in [1.29, 1.82) is 0 Å². The van der Waals surface area contributed by atoms with Crippen molar-refractivity contribution in [3.05, 3.63) is 84.4 Å². The molecule has 0 bridgehead atoms. The standard InChI is InChI=1S/C14H12O2.C3H7N/c15-13(11-7-3-1-4-8-11)14(16)12-9-5-2-6-10-12;1-2-3-4/h1-10,13,15H;2H,1,3-4H2. The zero-order valence-corrected chi connectivity index (χ0v) is 11.3. The summed E-state index contributed by atoms with van der Waals surface area (Å²) in [4.78, 5) is 11.9. The second-order valence-corrected chi connectivity index (χ2v) is 4.07. The van der Waals surface area contributed by atoms with Crippen molar-refractivity contribution in [2.24, 2.45) is 5.73 Å². The first-order valence-electron chi connectivity index (χ1n) is 6.34. The number of hydrogen-bond acceptors (Lipinski definition) is 3. The Morgan fingerprint density at radius 1 is 1.10 bits per heavy atom. The largest absolute Gasteiger partial charge is 0.380 e. The summed E-state index contributed by atoms with van der Waals surface area (Å²) in [5.74, 6) is -0.271. The molecule has 2 aromatic rings. The average molecular weight is 269 g/mol. The second kappa shape index (κ2) is 8.80. The molecule has 3 N–H and O–H groups in total. The summed E-state index contributed by atoms with van der Waals surface area (Å²) in [7, 11) is 0. The van der Waals surface area contributed by atoms with Crippen molar-refractivity contribution in [3.8, 4) is 0 Å². The first kappa shape index (κ1) is 15.8. The number of aliphatic hydroxyl groups excluding tert-OH is 1. The normalized spacial score (nSPS) is 10.9. The van der Waals surface area contributed by atoms with Gasteiger partial charge in [-0.25, -0.2) is 0 Å². The lowest BCUT2D eigenvalue weighted by Gasteiger charge is -2.09. The van der Waals surface area contributed by atoms with E-state index in [1.54, 1.807) is 54.6 Å². The Bertz CT molecular complexity index is 523. The summed E-state index contributed by atoms with van der Waals surface area (Å²) < 4.78 is 0. The molecule has 0 fully saturated rings. The molecule has 2 rings (SSSR count). The molecule has 1 atom stereocenters. The number of Topliss-reactive ketones (excluding diaryl/α,β-unsaturated/α-hetero) is 1. The second-order valence-electron chi connectivity index (χ2n) is 4.07. The van der Waals surface area contributed by atoms with Gasteiger partial charge in [0.2, 0.25) is 0 Å². The lowest BCUT2D eigenvalue weighted by atomic mass is 10.0. The van der Waals surface area contributed by atoms with Gasteiger partial charge in [-0.05, 0) is 5.56 Å². The Labute approximate surface area is 119 Å². The van der Waals surface area contributed by atoms with Crippen LogP contribution >= 0.6 is 0 Å². The molecular formula is C17H19NO2. The summed E-state index contributed by atoms with van der Waals surface area (Å²) in [5, 5.41) is 9.89. The number of nitrogens with two attached hydrogens (primary N) is 1. The summed E-state index contributed by atoms with van der Waals surface area (Å²) in [6, 6.07) is 17.7. The van der Waals surface area contributed by atoms with E-state index >= 15 is 0 Å². The monoisotopic (exact) mass is 269 g/mol. The maximum Gasteiger partial charge on any atom is 0.195 e. The van der Waals surface area contributed by atoms with Crippen LogP contribution in [0.5, 0.6) is 0 Å². The van der Waals surface area contributed by atoms with E-state index in [0.29, 0.717) is 17.7 Å². The van der Waals surface area contributed by atoms with Crippen LogP contribution in [-0.4, -0.2) is 17.4 Å². The van der Waals surface area contributed by atoms with E-state index in [1.807, 2.05) is 12.1 Å². The molecule has 3 nitrogen and oxygen atoms in total. The van der Waals surface area contributed by atoms with E-state index in [4.69, 9.17) is 5.73 Å². The van der Waals surface area contributed by atoms with E-state index in [9.17, 15) is 9.90 Å². The molecule has 104 valence electrons. The number of hydrogen-bond donors (Lipinski definition) is 2. The van der Waals surface area contributed by atoms with Crippen LogP contribution < -0.4 is 5.73 Å². The zero-order valence-electron chi connectivity index (χ0n) is 11.3. The van der Waals surface area contributed by atoms with Crippen molar-refractivity contribution < 1.29 is 9.90 Å². The third kappa shape index (κ3) is 4.80. The van der Waals surface area contributed by atoms with E-state index in [0.717, 1.165) is 0 Å². The summed E-state index contributed by atoms with van der Waals surface area (Å²) in [5.41, 5.74) is 6.06. The van der Waals surface area contributed by atoms with Crippen LogP contribution in [0.2, 0.25) is 0 Å². The highest BCUT2D eigenvalue weighted by molar-refractivity contribution is 5.99. The van der Waals surface area contributed by atoms with Gasteiger partial charge in [-0.15, -0.1) is 6.58 Å². The summed E-state index contributed by atoms with van der Waals surface area (Å²) >= 11 is 0. The fraction of sp³-hybridized carbons (Fsp3) is 0.118. The molecule has 0 amide bonds. The van der Waals surface area contributed by atoms with Crippen LogP contribution in [0.15, 0.2) is 73.3 Å². The molecule has 0 saturated carbocycles. The van der Waals surface area contributed by atoms with Gasteiger partial charge in [-0.2, -0.15) is 0 Å².